The molecule has 2 N–H and O–H groups in total. The standard InChI is InChI=1S/C14H18FN3O/c15-12-2-1-3-13(17-12)18-14(19)8-9-6-10-4-5-11(7-9)16-10/h1-3,9-11,16H,4-8H2,(H,17,18,19). The Hall–Kier alpha value is -1.49. The van der Waals surface area contributed by atoms with E-state index in [9.17, 15) is 9.18 Å². The van der Waals surface area contributed by atoms with Gasteiger partial charge in [-0.05, 0) is 43.7 Å². The van der Waals surface area contributed by atoms with Crippen LogP contribution in [-0.2, 0) is 4.79 Å². The van der Waals surface area contributed by atoms with Crippen LogP contribution in [-0.4, -0.2) is 23.0 Å². The molecule has 0 aliphatic carbocycles. The highest BCUT2D eigenvalue weighted by Gasteiger charge is 2.34. The Morgan fingerprint density at radius 1 is 1.37 bits per heavy atom. The number of fused-ring (bicyclic) bond motifs is 2. The molecule has 0 saturated carbocycles. The number of piperidine rings is 1. The fourth-order valence-corrected chi connectivity index (χ4v) is 3.28. The molecular weight excluding hydrogens is 245 g/mol. The number of nitrogens with one attached hydrogen (secondary N) is 2. The smallest absolute Gasteiger partial charge is 0.225 e. The average Bonchev–Trinajstić information content (AvgIpc) is 2.68. The second-order valence-electron chi connectivity index (χ2n) is 5.57. The van der Waals surface area contributed by atoms with Crippen molar-refractivity contribution in [2.75, 3.05) is 5.32 Å². The summed E-state index contributed by atoms with van der Waals surface area (Å²) in [6.45, 7) is 0. The molecule has 0 radical (unpaired) electrons. The Balaban J connectivity index is 1.54. The first-order valence-corrected chi connectivity index (χ1v) is 6.87. The molecule has 5 heteroatoms. The van der Waals surface area contributed by atoms with Crippen molar-refractivity contribution in [1.29, 1.82) is 0 Å². The van der Waals surface area contributed by atoms with E-state index >= 15 is 0 Å². The van der Waals surface area contributed by atoms with Crippen molar-refractivity contribution in [3.63, 3.8) is 0 Å². The van der Waals surface area contributed by atoms with E-state index < -0.39 is 5.95 Å². The second kappa shape index (κ2) is 5.25. The average molecular weight is 263 g/mol. The largest absolute Gasteiger partial charge is 0.311 e. The zero-order chi connectivity index (χ0) is 13.2. The lowest BCUT2D eigenvalue weighted by molar-refractivity contribution is -0.117. The Bertz CT molecular complexity index is 468. The number of rotatable bonds is 3. The summed E-state index contributed by atoms with van der Waals surface area (Å²) in [7, 11) is 0. The van der Waals surface area contributed by atoms with Crippen LogP contribution in [0.4, 0.5) is 10.2 Å². The number of pyridine rings is 1. The molecule has 2 unspecified atom stereocenters. The molecule has 3 rings (SSSR count). The summed E-state index contributed by atoms with van der Waals surface area (Å²) in [6.07, 6.45) is 5.11. The summed E-state index contributed by atoms with van der Waals surface area (Å²) in [5, 5.41) is 6.23. The first kappa shape index (κ1) is 12.5. The molecule has 1 aromatic heterocycles. The van der Waals surface area contributed by atoms with Crippen LogP contribution in [0.25, 0.3) is 0 Å². The number of carbonyl (C=O) groups is 1. The number of amides is 1. The van der Waals surface area contributed by atoms with Crippen LogP contribution < -0.4 is 10.6 Å². The zero-order valence-corrected chi connectivity index (χ0v) is 10.7. The van der Waals surface area contributed by atoms with Crippen LogP contribution in [0.2, 0.25) is 0 Å². The number of carbonyl (C=O) groups excluding carboxylic acids is 1. The van der Waals surface area contributed by atoms with Crippen molar-refractivity contribution < 1.29 is 9.18 Å². The Morgan fingerprint density at radius 2 is 2.11 bits per heavy atom. The van der Waals surface area contributed by atoms with Crippen LogP contribution in [0.5, 0.6) is 0 Å². The lowest BCUT2D eigenvalue weighted by Gasteiger charge is -2.28. The molecule has 0 aromatic carbocycles. The van der Waals surface area contributed by atoms with Gasteiger partial charge in [0.25, 0.3) is 0 Å². The van der Waals surface area contributed by atoms with Crippen molar-refractivity contribution in [3.8, 4) is 0 Å². The Morgan fingerprint density at radius 3 is 2.79 bits per heavy atom. The summed E-state index contributed by atoms with van der Waals surface area (Å²) in [6, 6.07) is 5.59. The van der Waals surface area contributed by atoms with Gasteiger partial charge in [-0.15, -0.1) is 0 Å². The molecule has 2 atom stereocenters. The monoisotopic (exact) mass is 263 g/mol. The van der Waals surface area contributed by atoms with Gasteiger partial charge in [-0.2, -0.15) is 4.39 Å². The van der Waals surface area contributed by atoms with Crippen molar-refractivity contribution in [2.24, 2.45) is 5.92 Å². The Kier molecular flexibility index (Phi) is 3.46. The maximum absolute atomic E-state index is 12.9. The van der Waals surface area contributed by atoms with Crippen molar-refractivity contribution in [2.45, 2.75) is 44.2 Å². The highest BCUT2D eigenvalue weighted by atomic mass is 19.1. The van der Waals surface area contributed by atoms with Crippen LogP contribution in [0.3, 0.4) is 0 Å². The van der Waals surface area contributed by atoms with Gasteiger partial charge in [0.2, 0.25) is 11.9 Å². The van der Waals surface area contributed by atoms with Gasteiger partial charge in [-0.3, -0.25) is 4.79 Å². The number of hydrogen-bond donors (Lipinski definition) is 2. The first-order chi connectivity index (χ1) is 9.19. The van der Waals surface area contributed by atoms with Gasteiger partial charge in [0.1, 0.15) is 5.82 Å². The van der Waals surface area contributed by atoms with Crippen LogP contribution in [0.15, 0.2) is 18.2 Å². The number of halogens is 1. The molecule has 102 valence electrons. The van der Waals surface area contributed by atoms with Crippen molar-refractivity contribution in [1.82, 2.24) is 10.3 Å². The molecule has 2 fully saturated rings. The van der Waals surface area contributed by atoms with E-state index in [0.29, 0.717) is 30.2 Å². The van der Waals surface area contributed by atoms with Crippen LogP contribution in [0.1, 0.15) is 32.1 Å². The minimum atomic E-state index is -0.572. The molecule has 2 bridgehead atoms. The summed E-state index contributed by atoms with van der Waals surface area (Å²) in [5.74, 6) is 0.0938. The summed E-state index contributed by atoms with van der Waals surface area (Å²) < 4.78 is 12.9. The van der Waals surface area contributed by atoms with E-state index in [4.69, 9.17) is 0 Å². The fourth-order valence-electron chi connectivity index (χ4n) is 3.28. The van der Waals surface area contributed by atoms with E-state index in [1.54, 1.807) is 12.1 Å². The van der Waals surface area contributed by atoms with E-state index in [1.165, 1.54) is 18.9 Å². The molecule has 1 aromatic rings. The minimum Gasteiger partial charge on any atom is -0.311 e. The van der Waals surface area contributed by atoms with E-state index in [0.717, 1.165) is 12.8 Å². The van der Waals surface area contributed by atoms with Gasteiger partial charge in [0.15, 0.2) is 0 Å². The van der Waals surface area contributed by atoms with Gasteiger partial charge < -0.3 is 10.6 Å². The molecule has 2 aliphatic heterocycles. The quantitative estimate of drug-likeness (QED) is 0.821. The first-order valence-electron chi connectivity index (χ1n) is 6.87. The Labute approximate surface area is 111 Å². The normalized spacial score (nSPS) is 29.2. The van der Waals surface area contributed by atoms with Crippen LogP contribution in [0, 0.1) is 11.9 Å². The molecule has 0 spiro atoms. The molecule has 1 amide bonds. The maximum Gasteiger partial charge on any atom is 0.225 e. The van der Waals surface area contributed by atoms with Crippen molar-refractivity contribution in [3.05, 3.63) is 24.1 Å². The highest BCUT2D eigenvalue weighted by Crippen LogP contribution is 2.32. The third-order valence-electron chi connectivity index (χ3n) is 4.03. The summed E-state index contributed by atoms with van der Waals surface area (Å²) >= 11 is 0. The lowest BCUT2D eigenvalue weighted by Crippen LogP contribution is -2.39. The van der Waals surface area contributed by atoms with Gasteiger partial charge in [-0.1, -0.05) is 6.07 Å². The van der Waals surface area contributed by atoms with Crippen LogP contribution >= 0.6 is 0 Å². The molecule has 4 nitrogen and oxygen atoms in total. The fraction of sp³-hybridized carbons (Fsp3) is 0.571. The van der Waals surface area contributed by atoms with Gasteiger partial charge in [0.05, 0.1) is 0 Å². The minimum absolute atomic E-state index is 0.0654. The number of aromatic nitrogens is 1. The van der Waals surface area contributed by atoms with Gasteiger partial charge in [0, 0.05) is 18.5 Å². The van der Waals surface area contributed by atoms with Crippen molar-refractivity contribution >= 4 is 11.7 Å². The molecular formula is C14H18FN3O. The zero-order valence-electron chi connectivity index (χ0n) is 10.7. The molecule has 2 aliphatic rings. The van der Waals surface area contributed by atoms with Gasteiger partial charge >= 0.3 is 0 Å². The predicted molar refractivity (Wildman–Crippen MR) is 70.1 cm³/mol. The molecule has 2 saturated heterocycles. The third-order valence-corrected chi connectivity index (χ3v) is 4.03. The number of anilines is 1. The van der Waals surface area contributed by atoms with E-state index in [2.05, 4.69) is 15.6 Å². The highest BCUT2D eigenvalue weighted by molar-refractivity contribution is 5.89. The lowest BCUT2D eigenvalue weighted by atomic mass is 9.89. The maximum atomic E-state index is 12.9. The SMILES string of the molecule is O=C(CC1CC2CCC(C1)N2)Nc1cccc(F)n1. The number of hydrogen-bond acceptors (Lipinski definition) is 3. The molecule has 3 heterocycles. The summed E-state index contributed by atoms with van der Waals surface area (Å²) in [5.41, 5.74) is 0. The number of nitrogens with zero attached hydrogens (tertiary/aromatic N) is 1. The van der Waals surface area contributed by atoms with E-state index in [-0.39, 0.29) is 5.91 Å². The second-order valence-corrected chi connectivity index (χ2v) is 5.57. The molecule has 19 heavy (non-hydrogen) atoms. The van der Waals surface area contributed by atoms with E-state index in [1.807, 2.05) is 0 Å². The predicted octanol–water partition coefficient (Wildman–Crippen LogP) is 2.08. The summed E-state index contributed by atoms with van der Waals surface area (Å²) in [4.78, 5) is 15.6. The third kappa shape index (κ3) is 3.10. The topological polar surface area (TPSA) is 54.0 Å². The van der Waals surface area contributed by atoms with Gasteiger partial charge in [-0.25, -0.2) is 4.98 Å².